The molecule has 1 aromatic heterocycles. The first-order chi connectivity index (χ1) is 13.4. The van der Waals surface area contributed by atoms with Crippen LogP contribution in [0.4, 0.5) is 0 Å². The topological polar surface area (TPSA) is 100 Å². The molecule has 3 unspecified atom stereocenters. The maximum Gasteiger partial charge on any atom is 0.224 e. The average Bonchev–Trinajstić information content (AvgIpc) is 3.58. The van der Waals surface area contributed by atoms with E-state index in [2.05, 4.69) is 17.1 Å². The molecule has 1 aromatic carbocycles. The number of rotatable bonds is 4. The van der Waals surface area contributed by atoms with Crippen molar-refractivity contribution >= 4 is 22.6 Å². The molecule has 0 radical (unpaired) electrons. The number of likely N-dealkylation sites (tertiary alicyclic amines) is 1. The molecule has 1 saturated heterocycles. The number of nitrogens with zero attached hydrogens (tertiary/aromatic N) is 3. The van der Waals surface area contributed by atoms with Gasteiger partial charge in [0.15, 0.2) is 0 Å². The molecule has 6 nitrogen and oxygen atoms in total. The fourth-order valence-electron chi connectivity index (χ4n) is 5.01. The lowest BCUT2D eigenvalue weighted by Crippen LogP contribution is -2.57. The third-order valence-corrected chi connectivity index (χ3v) is 7.07. The number of fused-ring (bicyclic) bond motifs is 1. The summed E-state index contributed by atoms with van der Waals surface area (Å²) in [7, 11) is 0. The van der Waals surface area contributed by atoms with Crippen LogP contribution in [0.1, 0.15) is 49.9 Å². The van der Waals surface area contributed by atoms with Gasteiger partial charge < -0.3 is 10.6 Å². The highest BCUT2D eigenvalue weighted by molar-refractivity contribution is 5.86. The van der Waals surface area contributed by atoms with Crippen molar-refractivity contribution < 1.29 is 9.59 Å². The van der Waals surface area contributed by atoms with Crippen LogP contribution in [0.2, 0.25) is 0 Å². The van der Waals surface area contributed by atoms with E-state index < -0.39 is 17.9 Å². The van der Waals surface area contributed by atoms with Gasteiger partial charge in [0, 0.05) is 24.5 Å². The number of pyridine rings is 1. The predicted molar refractivity (Wildman–Crippen MR) is 103 cm³/mol. The molecule has 2 heterocycles. The number of carbonyl (C=O) groups excluding carboxylic acids is 2. The van der Waals surface area contributed by atoms with Gasteiger partial charge in [0.25, 0.3) is 0 Å². The number of nitriles is 1. The van der Waals surface area contributed by atoms with Gasteiger partial charge in [0.1, 0.15) is 0 Å². The molecule has 2 saturated carbocycles. The molecule has 2 aliphatic carbocycles. The highest BCUT2D eigenvalue weighted by Crippen LogP contribution is 2.78. The molecule has 3 fully saturated rings. The zero-order chi connectivity index (χ0) is 19.7. The first kappa shape index (κ1) is 17.2. The van der Waals surface area contributed by atoms with Crippen molar-refractivity contribution in [1.82, 2.24) is 9.88 Å². The van der Waals surface area contributed by atoms with Gasteiger partial charge in [-0.2, -0.15) is 5.26 Å². The largest absolute Gasteiger partial charge is 0.369 e. The van der Waals surface area contributed by atoms with Crippen molar-refractivity contribution in [3.63, 3.8) is 0 Å². The molecule has 142 valence electrons. The van der Waals surface area contributed by atoms with Crippen molar-refractivity contribution in [2.75, 3.05) is 6.54 Å². The van der Waals surface area contributed by atoms with E-state index in [0.29, 0.717) is 18.7 Å². The number of hydrogen-bond donors (Lipinski definition) is 1. The monoisotopic (exact) mass is 374 g/mol. The summed E-state index contributed by atoms with van der Waals surface area (Å²) < 4.78 is 0. The van der Waals surface area contributed by atoms with Gasteiger partial charge in [-0.1, -0.05) is 19.1 Å². The lowest BCUT2D eigenvalue weighted by atomic mass is 9.84. The molecule has 2 N–H and O–H groups in total. The Labute approximate surface area is 163 Å². The van der Waals surface area contributed by atoms with Crippen LogP contribution in [0, 0.1) is 22.7 Å². The Morgan fingerprint density at radius 1 is 1.32 bits per heavy atom. The Kier molecular flexibility index (Phi) is 3.40. The maximum absolute atomic E-state index is 12.2. The zero-order valence-corrected chi connectivity index (χ0v) is 15.8. The number of nitrogens with two attached hydrogens (primary N) is 1. The molecule has 28 heavy (non-hydrogen) atoms. The normalized spacial score (nSPS) is 29.2. The van der Waals surface area contributed by atoms with E-state index >= 15 is 0 Å². The summed E-state index contributed by atoms with van der Waals surface area (Å²) in [5.41, 5.74) is 7.16. The third-order valence-electron chi connectivity index (χ3n) is 7.07. The molecule has 3 aliphatic rings. The van der Waals surface area contributed by atoms with E-state index in [0.717, 1.165) is 35.6 Å². The highest BCUT2D eigenvalue weighted by atomic mass is 16.2. The molecular formula is C22H22N4O2. The molecule has 3 atom stereocenters. The Morgan fingerprint density at radius 3 is 2.71 bits per heavy atom. The van der Waals surface area contributed by atoms with Crippen LogP contribution >= 0.6 is 0 Å². The van der Waals surface area contributed by atoms with Crippen molar-refractivity contribution in [3.05, 3.63) is 41.7 Å². The predicted octanol–water partition coefficient (Wildman–Crippen LogP) is 2.57. The van der Waals surface area contributed by atoms with E-state index in [9.17, 15) is 14.9 Å². The number of amides is 2. The van der Waals surface area contributed by atoms with Crippen molar-refractivity contribution in [3.8, 4) is 6.07 Å². The molecule has 2 aromatic rings. The van der Waals surface area contributed by atoms with Gasteiger partial charge in [-0.3, -0.25) is 14.6 Å². The fourth-order valence-corrected chi connectivity index (χ4v) is 5.01. The summed E-state index contributed by atoms with van der Waals surface area (Å²) in [6, 6.07) is 10.2. The summed E-state index contributed by atoms with van der Waals surface area (Å²) in [6.07, 6.45) is 5.38. The van der Waals surface area contributed by atoms with Crippen LogP contribution in [0.15, 0.2) is 30.5 Å². The van der Waals surface area contributed by atoms with Gasteiger partial charge in [0.2, 0.25) is 11.8 Å². The summed E-state index contributed by atoms with van der Waals surface area (Å²) >= 11 is 0. The van der Waals surface area contributed by atoms with Crippen LogP contribution in [-0.2, 0) is 15.0 Å². The molecule has 1 spiro atoms. The van der Waals surface area contributed by atoms with Gasteiger partial charge in [-0.15, -0.1) is 0 Å². The van der Waals surface area contributed by atoms with E-state index in [1.54, 1.807) is 11.1 Å². The molecule has 6 heteroatoms. The summed E-state index contributed by atoms with van der Waals surface area (Å²) in [5.74, 6) is -0.819. The molecule has 1 aliphatic heterocycles. The van der Waals surface area contributed by atoms with Crippen LogP contribution < -0.4 is 5.73 Å². The standard InChI is InChI=1S/C22H22N4O2/c1-2-18(27)26-10-16(20(24)28)19(26)17-8-14-7-15(4-3-13(14)9-25-17)22(12-23)11-21(22)5-6-21/h3-4,7-9,16,19H,2,5-6,10-11H2,1H3,(H2,24,28). The third kappa shape index (κ3) is 2.16. The van der Waals surface area contributed by atoms with Crippen LogP contribution in [0.5, 0.6) is 0 Å². The zero-order valence-electron chi connectivity index (χ0n) is 15.8. The number of primary amides is 1. The number of aromatic nitrogens is 1. The number of carbonyl (C=O) groups is 2. The Hall–Kier alpha value is -2.94. The minimum absolute atomic E-state index is 0.00441. The minimum atomic E-state index is -0.410. The SMILES string of the molecule is CCC(=O)N1CC(C(N)=O)C1c1cc2cc(C3(C#N)CC34CC4)ccc2cn1. The smallest absolute Gasteiger partial charge is 0.224 e. The van der Waals surface area contributed by atoms with E-state index in [1.807, 2.05) is 25.1 Å². The van der Waals surface area contributed by atoms with Crippen molar-refractivity contribution in [2.24, 2.45) is 17.1 Å². The average molecular weight is 374 g/mol. The Balaban J connectivity index is 1.54. The first-order valence-corrected chi connectivity index (χ1v) is 9.85. The second kappa shape index (κ2) is 5.54. The maximum atomic E-state index is 12.2. The van der Waals surface area contributed by atoms with Gasteiger partial charge in [0.05, 0.1) is 29.1 Å². The van der Waals surface area contributed by atoms with Crippen molar-refractivity contribution in [1.29, 1.82) is 5.26 Å². The van der Waals surface area contributed by atoms with Crippen molar-refractivity contribution in [2.45, 2.75) is 44.1 Å². The van der Waals surface area contributed by atoms with Gasteiger partial charge in [-0.25, -0.2) is 0 Å². The second-order valence-electron chi connectivity index (χ2n) is 8.50. The molecule has 0 bridgehead atoms. The fraction of sp³-hybridized carbons (Fsp3) is 0.455. The summed E-state index contributed by atoms with van der Waals surface area (Å²) in [5, 5.41) is 11.8. The van der Waals surface area contributed by atoms with Gasteiger partial charge >= 0.3 is 0 Å². The van der Waals surface area contributed by atoms with Gasteiger partial charge in [-0.05, 0) is 47.8 Å². The lowest BCUT2D eigenvalue weighted by molar-refractivity contribution is -0.149. The first-order valence-electron chi connectivity index (χ1n) is 9.85. The highest BCUT2D eigenvalue weighted by Gasteiger charge is 2.75. The molecule has 2 amide bonds. The van der Waals surface area contributed by atoms with E-state index in [1.165, 1.54) is 0 Å². The molecular weight excluding hydrogens is 352 g/mol. The number of hydrogen-bond acceptors (Lipinski definition) is 4. The van der Waals surface area contributed by atoms with Crippen LogP contribution in [0.25, 0.3) is 10.8 Å². The van der Waals surface area contributed by atoms with E-state index in [-0.39, 0.29) is 16.7 Å². The van der Waals surface area contributed by atoms with E-state index in [4.69, 9.17) is 5.73 Å². The number of benzene rings is 1. The summed E-state index contributed by atoms with van der Waals surface area (Å²) in [6.45, 7) is 2.16. The Bertz CT molecular complexity index is 1070. The Morgan fingerprint density at radius 2 is 2.11 bits per heavy atom. The summed E-state index contributed by atoms with van der Waals surface area (Å²) in [4.78, 5) is 30.3. The van der Waals surface area contributed by atoms with Crippen LogP contribution in [0.3, 0.4) is 0 Å². The van der Waals surface area contributed by atoms with Crippen LogP contribution in [-0.4, -0.2) is 28.2 Å². The quantitative estimate of drug-likeness (QED) is 0.889. The molecule has 5 rings (SSSR count). The minimum Gasteiger partial charge on any atom is -0.369 e. The second-order valence-corrected chi connectivity index (χ2v) is 8.50. The lowest BCUT2D eigenvalue weighted by Gasteiger charge is -2.46.